The van der Waals surface area contributed by atoms with Crippen LogP contribution in [0.15, 0.2) is 71.4 Å². The van der Waals surface area contributed by atoms with Crippen molar-refractivity contribution in [3.63, 3.8) is 0 Å². The lowest BCUT2D eigenvalue weighted by atomic mass is 10.2. The van der Waals surface area contributed by atoms with Crippen LogP contribution in [0.25, 0.3) is 33.4 Å². The van der Waals surface area contributed by atoms with E-state index in [0.29, 0.717) is 11.7 Å². The molecule has 27 heavy (non-hydrogen) atoms. The number of fused-ring (bicyclic) bond motifs is 2. The highest BCUT2D eigenvalue weighted by molar-refractivity contribution is 5.92. The molecular weight excluding hydrogens is 338 g/mol. The molecule has 3 heterocycles. The van der Waals surface area contributed by atoms with E-state index in [0.717, 1.165) is 39.1 Å². The number of anilines is 2. The van der Waals surface area contributed by atoms with Gasteiger partial charge in [0, 0.05) is 42.0 Å². The molecule has 0 fully saturated rings. The van der Waals surface area contributed by atoms with Crippen molar-refractivity contribution in [2.24, 2.45) is 0 Å². The van der Waals surface area contributed by atoms with Gasteiger partial charge in [-0.3, -0.25) is 4.98 Å². The van der Waals surface area contributed by atoms with E-state index in [4.69, 9.17) is 14.4 Å². The average molecular weight is 353 g/mol. The van der Waals surface area contributed by atoms with E-state index in [-0.39, 0.29) is 0 Å². The number of hydrogen-bond acceptors (Lipinski definition) is 6. The van der Waals surface area contributed by atoms with Gasteiger partial charge in [-0.25, -0.2) is 15.0 Å². The summed E-state index contributed by atoms with van der Waals surface area (Å²) in [6.45, 7) is 1.84. The van der Waals surface area contributed by atoms with Crippen molar-refractivity contribution in [1.82, 2.24) is 19.9 Å². The maximum atomic E-state index is 5.64. The van der Waals surface area contributed by atoms with Gasteiger partial charge in [-0.15, -0.1) is 0 Å². The molecule has 0 unspecified atom stereocenters. The third-order valence-corrected chi connectivity index (χ3v) is 4.30. The zero-order valence-corrected chi connectivity index (χ0v) is 14.5. The summed E-state index contributed by atoms with van der Waals surface area (Å²) in [5.74, 6) is 2.03. The quantitative estimate of drug-likeness (QED) is 0.498. The molecule has 130 valence electrons. The van der Waals surface area contributed by atoms with E-state index < -0.39 is 0 Å². The van der Waals surface area contributed by atoms with Gasteiger partial charge >= 0.3 is 0 Å². The van der Waals surface area contributed by atoms with Crippen LogP contribution in [0.1, 0.15) is 5.89 Å². The third kappa shape index (κ3) is 2.87. The first kappa shape index (κ1) is 15.5. The van der Waals surface area contributed by atoms with Gasteiger partial charge in [-0.1, -0.05) is 12.1 Å². The fourth-order valence-electron chi connectivity index (χ4n) is 3.06. The highest BCUT2D eigenvalue weighted by Gasteiger charge is 2.10. The Bertz CT molecular complexity index is 1260. The molecule has 0 atom stereocenters. The van der Waals surface area contributed by atoms with Gasteiger partial charge in [0.1, 0.15) is 11.3 Å². The van der Waals surface area contributed by atoms with Gasteiger partial charge in [0.05, 0.1) is 5.52 Å². The van der Waals surface area contributed by atoms with Gasteiger partial charge in [-0.05, 0) is 36.4 Å². The number of para-hydroxylation sites is 1. The van der Waals surface area contributed by atoms with Crippen LogP contribution >= 0.6 is 0 Å². The Morgan fingerprint density at radius 2 is 1.70 bits per heavy atom. The second kappa shape index (κ2) is 6.17. The Kier molecular flexibility index (Phi) is 3.53. The number of hydrogen-bond donors (Lipinski definition) is 1. The molecule has 0 saturated heterocycles. The van der Waals surface area contributed by atoms with E-state index in [1.54, 1.807) is 12.4 Å². The van der Waals surface area contributed by atoms with Crippen molar-refractivity contribution in [1.29, 1.82) is 0 Å². The van der Waals surface area contributed by atoms with Gasteiger partial charge < -0.3 is 9.73 Å². The number of oxazole rings is 1. The minimum atomic E-state index is 0.648. The first-order valence-electron chi connectivity index (χ1n) is 8.58. The van der Waals surface area contributed by atoms with Crippen LogP contribution in [0.3, 0.4) is 0 Å². The zero-order chi connectivity index (χ0) is 18.2. The second-order valence-corrected chi connectivity index (χ2v) is 6.19. The van der Waals surface area contributed by atoms with Crippen molar-refractivity contribution >= 4 is 33.5 Å². The molecule has 0 spiro atoms. The minimum absolute atomic E-state index is 0.648. The summed E-state index contributed by atoms with van der Waals surface area (Å²) < 4.78 is 5.64. The molecule has 3 aromatic heterocycles. The number of nitrogens with one attached hydrogen (secondary N) is 1. The highest BCUT2D eigenvalue weighted by Crippen LogP contribution is 2.28. The van der Waals surface area contributed by atoms with Crippen LogP contribution < -0.4 is 5.32 Å². The lowest BCUT2D eigenvalue weighted by molar-refractivity contribution is 0.561. The fraction of sp³-hybridized carbons (Fsp3) is 0.0476. The van der Waals surface area contributed by atoms with E-state index >= 15 is 0 Å². The highest BCUT2D eigenvalue weighted by atomic mass is 16.3. The predicted molar refractivity (Wildman–Crippen MR) is 105 cm³/mol. The summed E-state index contributed by atoms with van der Waals surface area (Å²) in [6, 6.07) is 17.6. The normalized spacial score (nSPS) is 11.1. The van der Waals surface area contributed by atoms with E-state index in [2.05, 4.69) is 15.3 Å². The van der Waals surface area contributed by atoms with Crippen LogP contribution in [0.2, 0.25) is 0 Å². The maximum Gasteiger partial charge on any atom is 0.192 e. The van der Waals surface area contributed by atoms with E-state index in [1.807, 2.05) is 61.5 Å². The Morgan fingerprint density at radius 3 is 2.59 bits per heavy atom. The Balaban J connectivity index is 1.64. The van der Waals surface area contributed by atoms with Crippen LogP contribution in [-0.4, -0.2) is 19.9 Å². The molecule has 0 aliphatic carbocycles. The first-order valence-corrected chi connectivity index (χ1v) is 8.58. The summed E-state index contributed by atoms with van der Waals surface area (Å²) in [4.78, 5) is 17.9. The molecule has 0 aliphatic rings. The van der Waals surface area contributed by atoms with Gasteiger partial charge in [0.15, 0.2) is 17.3 Å². The molecule has 0 saturated carbocycles. The minimum Gasteiger partial charge on any atom is -0.441 e. The summed E-state index contributed by atoms with van der Waals surface area (Å²) in [5, 5.41) is 4.35. The van der Waals surface area contributed by atoms with E-state index in [1.165, 1.54) is 0 Å². The van der Waals surface area contributed by atoms with Crippen molar-refractivity contribution < 1.29 is 4.42 Å². The Labute approximate surface area is 154 Å². The predicted octanol–water partition coefficient (Wildman–Crippen LogP) is 4.89. The molecule has 6 heteroatoms. The summed E-state index contributed by atoms with van der Waals surface area (Å²) in [7, 11) is 0. The van der Waals surface area contributed by atoms with Gasteiger partial charge in [-0.2, -0.15) is 0 Å². The molecule has 5 aromatic rings. The average Bonchev–Trinajstić information content (AvgIpc) is 3.08. The van der Waals surface area contributed by atoms with Crippen molar-refractivity contribution in [3.8, 4) is 11.4 Å². The number of rotatable bonds is 3. The van der Waals surface area contributed by atoms with E-state index in [9.17, 15) is 0 Å². The molecule has 0 aliphatic heterocycles. The Morgan fingerprint density at radius 1 is 0.852 bits per heavy atom. The molecular formula is C21H15N5O. The molecule has 5 rings (SSSR count). The lowest BCUT2D eigenvalue weighted by Gasteiger charge is -2.11. The van der Waals surface area contributed by atoms with Crippen molar-refractivity contribution in [2.75, 3.05) is 5.32 Å². The van der Waals surface area contributed by atoms with Crippen LogP contribution in [0.4, 0.5) is 11.5 Å². The summed E-state index contributed by atoms with van der Waals surface area (Å²) >= 11 is 0. The largest absolute Gasteiger partial charge is 0.441 e. The SMILES string of the molecule is Cc1nc2ccc(Nc3nc(-c4ccncc4)nc4ccccc34)cc2o1. The Hall–Kier alpha value is -3.80. The smallest absolute Gasteiger partial charge is 0.192 e. The summed E-state index contributed by atoms with van der Waals surface area (Å²) in [6.07, 6.45) is 3.47. The second-order valence-electron chi connectivity index (χ2n) is 6.19. The van der Waals surface area contributed by atoms with Crippen molar-refractivity contribution in [3.05, 3.63) is 72.9 Å². The number of nitrogens with zero attached hydrogens (tertiary/aromatic N) is 4. The molecule has 6 nitrogen and oxygen atoms in total. The zero-order valence-electron chi connectivity index (χ0n) is 14.5. The molecule has 0 bridgehead atoms. The number of benzene rings is 2. The molecule has 2 aromatic carbocycles. The third-order valence-electron chi connectivity index (χ3n) is 4.30. The van der Waals surface area contributed by atoms with Gasteiger partial charge in [0.25, 0.3) is 0 Å². The number of aryl methyl sites for hydroxylation is 1. The van der Waals surface area contributed by atoms with Crippen LogP contribution in [-0.2, 0) is 0 Å². The monoisotopic (exact) mass is 353 g/mol. The number of aromatic nitrogens is 4. The van der Waals surface area contributed by atoms with Crippen LogP contribution in [0, 0.1) is 6.92 Å². The first-order chi connectivity index (χ1) is 13.3. The molecule has 1 N–H and O–H groups in total. The maximum absolute atomic E-state index is 5.64. The molecule has 0 radical (unpaired) electrons. The lowest BCUT2D eigenvalue weighted by Crippen LogP contribution is -1.99. The van der Waals surface area contributed by atoms with Crippen molar-refractivity contribution in [2.45, 2.75) is 6.92 Å². The fourth-order valence-corrected chi connectivity index (χ4v) is 3.06. The number of pyridine rings is 1. The topological polar surface area (TPSA) is 76.7 Å². The standard InChI is InChI=1S/C21H15N5O/c1-13-23-18-7-6-15(12-19(18)27-13)24-21-16-4-2-3-5-17(16)25-20(26-21)14-8-10-22-11-9-14/h2-12H,1H3,(H,24,25,26). The van der Waals surface area contributed by atoms with Crippen LogP contribution in [0.5, 0.6) is 0 Å². The van der Waals surface area contributed by atoms with Gasteiger partial charge in [0.2, 0.25) is 0 Å². The summed E-state index contributed by atoms with van der Waals surface area (Å²) in [5.41, 5.74) is 4.25. The molecule has 0 amide bonds.